The van der Waals surface area contributed by atoms with Crippen molar-refractivity contribution in [1.82, 2.24) is 0 Å². The van der Waals surface area contributed by atoms with E-state index in [4.69, 9.17) is 8.83 Å². The predicted molar refractivity (Wildman–Crippen MR) is 237 cm³/mol. The summed E-state index contributed by atoms with van der Waals surface area (Å²) in [7, 11) is 0. The third kappa shape index (κ3) is 4.10. The molecule has 2 heterocycles. The molecule has 0 aliphatic carbocycles. The molecule has 0 saturated heterocycles. The zero-order chi connectivity index (χ0) is 36.5. The summed E-state index contributed by atoms with van der Waals surface area (Å²) in [5, 5.41) is 19.6. The second kappa shape index (κ2) is 11.1. The molecule has 0 N–H and O–H groups in total. The third-order valence-corrected chi connectivity index (χ3v) is 12.2. The summed E-state index contributed by atoms with van der Waals surface area (Å²) < 4.78 is 13.2. The Bertz CT molecular complexity index is 3750. The highest BCUT2D eigenvalue weighted by atomic mass is 16.3. The Morgan fingerprint density at radius 3 is 1.00 bits per heavy atom. The van der Waals surface area contributed by atoms with Crippen LogP contribution in [0.2, 0.25) is 0 Å². The first kappa shape index (κ1) is 30.0. The summed E-state index contributed by atoms with van der Waals surface area (Å²) in [6.45, 7) is 0. The molecular formula is C54H30O2. The zero-order valence-electron chi connectivity index (χ0n) is 30.1. The average molecular weight is 711 g/mol. The van der Waals surface area contributed by atoms with Crippen molar-refractivity contribution in [1.29, 1.82) is 0 Å². The van der Waals surface area contributed by atoms with E-state index in [-0.39, 0.29) is 0 Å². The fraction of sp³-hybridized carbons (Fsp3) is 0. The summed E-state index contributed by atoms with van der Waals surface area (Å²) in [4.78, 5) is 0. The number of benzene rings is 11. The molecule has 0 atom stereocenters. The van der Waals surface area contributed by atoms with Crippen LogP contribution in [0.3, 0.4) is 0 Å². The number of fused-ring (bicyclic) bond motifs is 19. The first-order chi connectivity index (χ1) is 27.7. The van der Waals surface area contributed by atoms with E-state index in [9.17, 15) is 0 Å². The van der Waals surface area contributed by atoms with Crippen molar-refractivity contribution in [2.45, 2.75) is 0 Å². The smallest absolute Gasteiger partial charge is 0.147 e. The van der Waals surface area contributed by atoms with Crippen LogP contribution in [0.15, 0.2) is 191 Å². The summed E-state index contributed by atoms with van der Waals surface area (Å²) in [5.41, 5.74) is 8.07. The van der Waals surface area contributed by atoms with Gasteiger partial charge in [-0.05, 0) is 135 Å². The van der Waals surface area contributed by atoms with Crippen molar-refractivity contribution in [3.05, 3.63) is 182 Å². The fourth-order valence-electron chi connectivity index (χ4n) is 9.63. The lowest BCUT2D eigenvalue weighted by molar-refractivity contribution is 0.663. The third-order valence-electron chi connectivity index (χ3n) is 12.2. The van der Waals surface area contributed by atoms with Crippen molar-refractivity contribution in [2.75, 3.05) is 0 Å². The van der Waals surface area contributed by atoms with E-state index in [1.807, 2.05) is 0 Å². The molecule has 11 aromatic carbocycles. The van der Waals surface area contributed by atoms with Crippen molar-refractivity contribution in [2.24, 2.45) is 0 Å². The second-order valence-corrected chi connectivity index (χ2v) is 15.1. The van der Waals surface area contributed by atoms with Crippen LogP contribution < -0.4 is 0 Å². The van der Waals surface area contributed by atoms with Crippen molar-refractivity contribution in [3.8, 4) is 22.3 Å². The molecule has 2 nitrogen and oxygen atoms in total. The van der Waals surface area contributed by atoms with Gasteiger partial charge in [-0.1, -0.05) is 133 Å². The van der Waals surface area contributed by atoms with Gasteiger partial charge >= 0.3 is 0 Å². The highest BCUT2D eigenvalue weighted by Gasteiger charge is 2.18. The number of hydrogen-bond acceptors (Lipinski definition) is 2. The Kier molecular flexibility index (Phi) is 5.92. The quantitative estimate of drug-likeness (QED) is 0.167. The molecule has 0 radical (unpaired) electrons. The highest BCUT2D eigenvalue weighted by Crippen LogP contribution is 2.43. The van der Waals surface area contributed by atoms with Gasteiger partial charge in [0.1, 0.15) is 22.3 Å². The van der Waals surface area contributed by atoms with Gasteiger partial charge in [0.15, 0.2) is 0 Å². The largest absolute Gasteiger partial charge is 0.456 e. The Morgan fingerprint density at radius 1 is 0.214 bits per heavy atom. The van der Waals surface area contributed by atoms with Crippen molar-refractivity contribution < 1.29 is 8.83 Å². The Balaban J connectivity index is 0.980. The standard InChI is InChI=1S/C54H30O2/c1-3-13-39-35(9-1)37-11-5-7-15-41(37)46-27-31(17-21-43(39)46)33-19-24-50-48(29-33)45-23-26-52-53(54(45)56-50)49-30-34(20-25-51(49)55-52)32-18-22-44-40-14-4-2-10-36(40)38-12-6-8-16-42(38)47(44)28-32/h1-30H. The van der Waals surface area contributed by atoms with Gasteiger partial charge in [-0.25, -0.2) is 0 Å². The molecule has 2 heteroatoms. The first-order valence-electron chi connectivity index (χ1n) is 19.2. The molecule has 258 valence electrons. The summed E-state index contributed by atoms with van der Waals surface area (Å²) in [5.74, 6) is 0. The summed E-state index contributed by atoms with van der Waals surface area (Å²) in [6, 6.07) is 66.2. The van der Waals surface area contributed by atoms with E-state index in [0.717, 1.165) is 55.0 Å². The van der Waals surface area contributed by atoms with Gasteiger partial charge in [0.2, 0.25) is 0 Å². The molecule has 13 aromatic rings. The minimum atomic E-state index is 0.827. The highest BCUT2D eigenvalue weighted by molar-refractivity contribution is 6.28. The van der Waals surface area contributed by atoms with E-state index < -0.39 is 0 Å². The molecule has 0 fully saturated rings. The van der Waals surface area contributed by atoms with Crippen LogP contribution in [0.1, 0.15) is 0 Å². The molecule has 0 aliphatic heterocycles. The molecule has 0 aliphatic rings. The van der Waals surface area contributed by atoms with Crippen LogP contribution in [0.4, 0.5) is 0 Å². The predicted octanol–water partition coefficient (Wildman–Crippen LogP) is 15.7. The van der Waals surface area contributed by atoms with E-state index in [1.165, 1.54) is 75.8 Å². The second-order valence-electron chi connectivity index (χ2n) is 15.1. The molecular weight excluding hydrogens is 681 g/mol. The van der Waals surface area contributed by atoms with Crippen LogP contribution in [-0.2, 0) is 0 Å². The SMILES string of the molecule is c1ccc2c(c1)c1ccccc1c1cc(-c3ccc4oc5c(ccc6oc7ccc(-c8ccc9c%10ccccc%10c%10ccccc%10c9c8)cc7c65)c4c3)ccc21. The van der Waals surface area contributed by atoms with Crippen LogP contribution >= 0.6 is 0 Å². The minimum absolute atomic E-state index is 0.827. The van der Waals surface area contributed by atoms with Crippen LogP contribution in [0, 0.1) is 0 Å². The number of furan rings is 2. The van der Waals surface area contributed by atoms with Crippen molar-refractivity contribution in [3.63, 3.8) is 0 Å². The molecule has 0 amide bonds. The van der Waals surface area contributed by atoms with Crippen LogP contribution in [0.25, 0.3) is 131 Å². The van der Waals surface area contributed by atoms with E-state index in [0.29, 0.717) is 0 Å². The molecule has 0 bridgehead atoms. The first-order valence-corrected chi connectivity index (χ1v) is 19.2. The molecule has 2 aromatic heterocycles. The molecule has 0 saturated carbocycles. The van der Waals surface area contributed by atoms with Gasteiger partial charge in [0, 0.05) is 16.2 Å². The monoisotopic (exact) mass is 710 g/mol. The molecule has 0 unspecified atom stereocenters. The van der Waals surface area contributed by atoms with Gasteiger partial charge in [-0.3, -0.25) is 0 Å². The Labute approximate surface area is 320 Å². The van der Waals surface area contributed by atoms with E-state index >= 15 is 0 Å². The molecule has 0 spiro atoms. The maximum Gasteiger partial charge on any atom is 0.147 e. The maximum atomic E-state index is 6.73. The fourth-order valence-corrected chi connectivity index (χ4v) is 9.63. The lowest BCUT2D eigenvalue weighted by Crippen LogP contribution is -1.85. The molecule has 13 rings (SSSR count). The lowest BCUT2D eigenvalue weighted by Gasteiger charge is -2.12. The topological polar surface area (TPSA) is 26.3 Å². The van der Waals surface area contributed by atoms with Gasteiger partial charge in [0.05, 0.1) is 5.39 Å². The van der Waals surface area contributed by atoms with Crippen LogP contribution in [0.5, 0.6) is 0 Å². The van der Waals surface area contributed by atoms with E-state index in [1.54, 1.807) is 0 Å². The lowest BCUT2D eigenvalue weighted by atomic mass is 9.92. The minimum Gasteiger partial charge on any atom is -0.456 e. The maximum absolute atomic E-state index is 6.73. The van der Waals surface area contributed by atoms with Gasteiger partial charge < -0.3 is 8.83 Å². The molecule has 56 heavy (non-hydrogen) atoms. The average Bonchev–Trinajstić information content (AvgIpc) is 3.84. The normalized spacial score (nSPS) is 12.3. The summed E-state index contributed by atoms with van der Waals surface area (Å²) in [6.07, 6.45) is 0. The van der Waals surface area contributed by atoms with Gasteiger partial charge in [-0.2, -0.15) is 0 Å². The number of rotatable bonds is 2. The van der Waals surface area contributed by atoms with E-state index in [2.05, 4.69) is 182 Å². The van der Waals surface area contributed by atoms with Crippen molar-refractivity contribution >= 4 is 109 Å². The Hall–Kier alpha value is -7.42. The van der Waals surface area contributed by atoms with Gasteiger partial charge in [0.25, 0.3) is 0 Å². The summed E-state index contributed by atoms with van der Waals surface area (Å²) >= 11 is 0. The van der Waals surface area contributed by atoms with Crippen LogP contribution in [-0.4, -0.2) is 0 Å². The number of hydrogen-bond donors (Lipinski definition) is 0. The van der Waals surface area contributed by atoms with Gasteiger partial charge in [-0.15, -0.1) is 0 Å². The zero-order valence-corrected chi connectivity index (χ0v) is 30.1. The Morgan fingerprint density at radius 2 is 0.536 bits per heavy atom.